The van der Waals surface area contributed by atoms with Crippen LogP contribution in [0.5, 0.6) is 0 Å². The van der Waals surface area contributed by atoms with E-state index in [1.807, 2.05) is 6.92 Å². The summed E-state index contributed by atoms with van der Waals surface area (Å²) in [7, 11) is 1.77. The molecule has 1 aromatic heterocycles. The number of nitrogens with one attached hydrogen (secondary N) is 1. The normalized spacial score (nSPS) is 12.5. The van der Waals surface area contributed by atoms with Crippen LogP contribution in [0.15, 0.2) is 18.5 Å². The third-order valence-electron chi connectivity index (χ3n) is 2.23. The maximum Gasteiger partial charge on any atom is 0.240 e. The Morgan fingerprint density at radius 1 is 1.56 bits per heavy atom. The third kappa shape index (κ3) is 3.92. The van der Waals surface area contributed by atoms with Crippen molar-refractivity contribution in [1.29, 1.82) is 0 Å². The maximum absolute atomic E-state index is 11.5. The van der Waals surface area contributed by atoms with E-state index in [1.165, 1.54) is 0 Å². The quantitative estimate of drug-likeness (QED) is 0.719. The summed E-state index contributed by atoms with van der Waals surface area (Å²) in [6.07, 6.45) is 3.12. The predicted molar refractivity (Wildman–Crippen MR) is 59.8 cm³/mol. The van der Waals surface area contributed by atoms with Gasteiger partial charge in [-0.15, -0.1) is 0 Å². The molecule has 0 bridgehead atoms. The van der Waals surface area contributed by atoms with Crippen LogP contribution in [0.1, 0.15) is 6.92 Å². The number of rotatable bonds is 5. The molecule has 0 aliphatic carbocycles. The van der Waals surface area contributed by atoms with Crippen molar-refractivity contribution in [3.63, 3.8) is 0 Å². The number of aliphatic hydroxyl groups is 1. The first-order valence-corrected chi connectivity index (χ1v) is 5.01. The minimum atomic E-state index is -0.200. The van der Waals surface area contributed by atoms with Gasteiger partial charge < -0.3 is 5.11 Å². The van der Waals surface area contributed by atoms with Gasteiger partial charge in [-0.05, 0) is 20.0 Å². The zero-order valence-corrected chi connectivity index (χ0v) is 9.42. The van der Waals surface area contributed by atoms with Gasteiger partial charge in [-0.3, -0.25) is 15.0 Å². The van der Waals surface area contributed by atoms with Gasteiger partial charge in [0, 0.05) is 18.4 Å². The number of hydrogen-bond acceptors (Lipinski definition) is 5. The van der Waals surface area contributed by atoms with Crippen LogP contribution in [-0.4, -0.2) is 52.1 Å². The molecule has 0 aromatic carbocycles. The number of carbonyl (C=O) groups is 1. The van der Waals surface area contributed by atoms with Crippen molar-refractivity contribution < 1.29 is 9.90 Å². The highest BCUT2D eigenvalue weighted by atomic mass is 16.3. The second-order valence-electron chi connectivity index (χ2n) is 3.57. The minimum Gasteiger partial charge on any atom is -0.395 e. The lowest BCUT2D eigenvalue weighted by Gasteiger charge is -2.21. The molecule has 0 spiro atoms. The Kier molecular flexibility index (Phi) is 4.81. The largest absolute Gasteiger partial charge is 0.395 e. The number of hydrogen-bond donors (Lipinski definition) is 2. The monoisotopic (exact) mass is 224 g/mol. The summed E-state index contributed by atoms with van der Waals surface area (Å²) in [5.74, 6) is 0.0894. The zero-order valence-electron chi connectivity index (χ0n) is 9.42. The SMILES string of the molecule is CC(CO)N(C)CC(=O)Nc1ncccn1. The zero-order chi connectivity index (χ0) is 12.0. The van der Waals surface area contributed by atoms with Gasteiger partial charge in [-0.1, -0.05) is 0 Å². The number of aromatic nitrogens is 2. The molecule has 2 N–H and O–H groups in total. The summed E-state index contributed by atoms with van der Waals surface area (Å²) >= 11 is 0. The van der Waals surface area contributed by atoms with E-state index in [4.69, 9.17) is 5.11 Å². The van der Waals surface area contributed by atoms with Crippen molar-refractivity contribution in [2.24, 2.45) is 0 Å². The first-order chi connectivity index (χ1) is 7.63. The van der Waals surface area contributed by atoms with Crippen LogP contribution in [0.4, 0.5) is 5.95 Å². The molecule has 1 unspecified atom stereocenters. The van der Waals surface area contributed by atoms with E-state index in [0.717, 1.165) is 0 Å². The fraction of sp³-hybridized carbons (Fsp3) is 0.500. The third-order valence-corrected chi connectivity index (χ3v) is 2.23. The van der Waals surface area contributed by atoms with Gasteiger partial charge in [0.25, 0.3) is 0 Å². The van der Waals surface area contributed by atoms with Gasteiger partial charge in [0.15, 0.2) is 0 Å². The van der Waals surface area contributed by atoms with Gasteiger partial charge in [-0.2, -0.15) is 0 Å². The summed E-state index contributed by atoms with van der Waals surface area (Å²) < 4.78 is 0. The van der Waals surface area contributed by atoms with Gasteiger partial charge >= 0.3 is 0 Å². The Morgan fingerprint density at radius 2 is 2.19 bits per heavy atom. The van der Waals surface area contributed by atoms with Gasteiger partial charge in [-0.25, -0.2) is 9.97 Å². The first kappa shape index (κ1) is 12.5. The standard InChI is InChI=1S/C10H16N4O2/c1-8(7-15)14(2)6-9(16)13-10-11-4-3-5-12-10/h3-5,8,15H,6-7H2,1-2H3,(H,11,12,13,16). The number of carbonyl (C=O) groups excluding carboxylic acids is 1. The molecule has 0 aliphatic heterocycles. The molecule has 0 aliphatic rings. The fourth-order valence-corrected chi connectivity index (χ4v) is 1.05. The second kappa shape index (κ2) is 6.14. The molecule has 1 atom stereocenters. The van der Waals surface area contributed by atoms with Crippen molar-refractivity contribution >= 4 is 11.9 Å². The van der Waals surface area contributed by atoms with Crippen molar-refractivity contribution in [2.75, 3.05) is 25.5 Å². The van der Waals surface area contributed by atoms with E-state index in [1.54, 1.807) is 30.4 Å². The molecule has 88 valence electrons. The van der Waals surface area contributed by atoms with E-state index >= 15 is 0 Å². The Hall–Kier alpha value is -1.53. The molecule has 16 heavy (non-hydrogen) atoms. The van der Waals surface area contributed by atoms with Crippen LogP contribution in [0.25, 0.3) is 0 Å². The Labute approximate surface area is 94.3 Å². The molecule has 6 heteroatoms. The fourth-order valence-electron chi connectivity index (χ4n) is 1.05. The molecule has 0 saturated carbocycles. The second-order valence-corrected chi connectivity index (χ2v) is 3.57. The average Bonchev–Trinajstić information content (AvgIpc) is 2.29. The molecular weight excluding hydrogens is 208 g/mol. The molecule has 0 radical (unpaired) electrons. The van der Waals surface area contributed by atoms with Crippen molar-refractivity contribution in [1.82, 2.24) is 14.9 Å². The Bertz CT molecular complexity index is 331. The summed E-state index contributed by atoms with van der Waals surface area (Å²) in [5.41, 5.74) is 0. The number of amides is 1. The molecule has 1 aromatic rings. The maximum atomic E-state index is 11.5. The highest BCUT2D eigenvalue weighted by Gasteiger charge is 2.12. The van der Waals surface area contributed by atoms with E-state index in [2.05, 4.69) is 15.3 Å². The van der Waals surface area contributed by atoms with E-state index < -0.39 is 0 Å². The number of anilines is 1. The Morgan fingerprint density at radius 3 is 2.75 bits per heavy atom. The van der Waals surface area contributed by atoms with Crippen LogP contribution in [-0.2, 0) is 4.79 Å². The lowest BCUT2D eigenvalue weighted by atomic mass is 10.3. The van der Waals surface area contributed by atoms with Gasteiger partial charge in [0.05, 0.1) is 13.2 Å². The van der Waals surface area contributed by atoms with Crippen molar-refractivity contribution in [3.05, 3.63) is 18.5 Å². The molecule has 0 saturated heterocycles. The van der Waals surface area contributed by atoms with Crippen molar-refractivity contribution in [3.8, 4) is 0 Å². The lowest BCUT2D eigenvalue weighted by molar-refractivity contribution is -0.117. The summed E-state index contributed by atoms with van der Waals surface area (Å²) in [6, 6.07) is 1.62. The number of nitrogens with zero attached hydrogens (tertiary/aromatic N) is 3. The smallest absolute Gasteiger partial charge is 0.240 e. The molecule has 6 nitrogen and oxygen atoms in total. The van der Waals surface area contributed by atoms with E-state index in [-0.39, 0.29) is 31.0 Å². The average molecular weight is 224 g/mol. The lowest BCUT2D eigenvalue weighted by Crippen LogP contribution is -2.38. The van der Waals surface area contributed by atoms with Crippen molar-refractivity contribution in [2.45, 2.75) is 13.0 Å². The Balaban J connectivity index is 2.42. The first-order valence-electron chi connectivity index (χ1n) is 5.01. The van der Waals surface area contributed by atoms with E-state index in [9.17, 15) is 4.79 Å². The molecule has 1 amide bonds. The highest BCUT2D eigenvalue weighted by molar-refractivity contribution is 5.90. The van der Waals surface area contributed by atoms with Gasteiger partial charge in [0.1, 0.15) is 0 Å². The molecule has 0 fully saturated rings. The van der Waals surface area contributed by atoms with Crippen LogP contribution in [0, 0.1) is 0 Å². The summed E-state index contributed by atoms with van der Waals surface area (Å²) in [6.45, 7) is 2.05. The summed E-state index contributed by atoms with van der Waals surface area (Å²) in [4.78, 5) is 21.0. The molecule has 1 heterocycles. The van der Waals surface area contributed by atoms with Gasteiger partial charge in [0.2, 0.25) is 11.9 Å². The van der Waals surface area contributed by atoms with Crippen LogP contribution in [0.3, 0.4) is 0 Å². The number of aliphatic hydroxyl groups excluding tert-OH is 1. The minimum absolute atomic E-state index is 0.0195. The summed E-state index contributed by atoms with van der Waals surface area (Å²) in [5, 5.41) is 11.5. The van der Waals surface area contributed by atoms with Crippen LogP contribution in [0.2, 0.25) is 0 Å². The van der Waals surface area contributed by atoms with E-state index in [0.29, 0.717) is 0 Å². The van der Waals surface area contributed by atoms with Crippen LogP contribution >= 0.6 is 0 Å². The topological polar surface area (TPSA) is 78.4 Å². The molecular formula is C10H16N4O2. The highest BCUT2D eigenvalue weighted by Crippen LogP contribution is 1.97. The number of likely N-dealkylation sites (N-methyl/N-ethyl adjacent to an activating group) is 1. The predicted octanol–water partition coefficient (Wildman–Crippen LogP) is -0.272. The molecule has 1 rings (SSSR count). The van der Waals surface area contributed by atoms with Crippen LogP contribution < -0.4 is 5.32 Å².